The number of nitrogens with zero attached hydrogens (tertiary/aromatic N) is 4. The Morgan fingerprint density at radius 2 is 0.430 bits per heavy atom. The van der Waals surface area contributed by atoms with Crippen LogP contribution in [0.3, 0.4) is 0 Å². The van der Waals surface area contributed by atoms with E-state index in [1.54, 1.807) is 133 Å². The summed E-state index contributed by atoms with van der Waals surface area (Å²) in [4.78, 5) is 110. The van der Waals surface area contributed by atoms with Crippen molar-refractivity contribution in [1.29, 1.82) is 0 Å². The van der Waals surface area contributed by atoms with Gasteiger partial charge in [0.05, 0.1) is 50.4 Å². The largest absolute Gasteiger partial charge is 0.457 e. The van der Waals surface area contributed by atoms with Crippen LogP contribution in [0.5, 0.6) is 69.0 Å². The van der Waals surface area contributed by atoms with Crippen LogP contribution in [0, 0.1) is 0 Å². The molecule has 5 aliphatic rings. The fourth-order valence-electron chi connectivity index (χ4n) is 16.5. The Morgan fingerprint density at radius 1 is 0.215 bits per heavy atom. The number of hydrogen-bond donors (Lipinski definition) is 0. The fourth-order valence-corrected chi connectivity index (χ4v) is 16.5. The van der Waals surface area contributed by atoms with Gasteiger partial charge < -0.3 is 28.4 Å². The lowest BCUT2D eigenvalue weighted by atomic mass is 9.68. The maximum Gasteiger partial charge on any atom is 0.266 e. The molecule has 14 aromatic rings. The number of carbonyl (C=O) groups is 8. The fraction of sp³-hybridized carbons (Fsp3) is 0.0680. The van der Waals surface area contributed by atoms with Crippen molar-refractivity contribution in [2.45, 2.75) is 43.9 Å². The van der Waals surface area contributed by atoms with Gasteiger partial charge in [0.1, 0.15) is 69.0 Å². The summed E-state index contributed by atoms with van der Waals surface area (Å²) < 4.78 is 37.7. The van der Waals surface area contributed by atoms with Crippen LogP contribution in [-0.4, -0.2) is 47.3 Å². The highest BCUT2D eigenvalue weighted by molar-refractivity contribution is 6.36. The Labute approximate surface area is 695 Å². The molecular formula is C103H70N4O14. The van der Waals surface area contributed by atoms with Gasteiger partial charge in [-0.25, -0.2) is 19.6 Å². The van der Waals surface area contributed by atoms with Crippen molar-refractivity contribution in [2.75, 3.05) is 19.6 Å². The summed E-state index contributed by atoms with van der Waals surface area (Å²) in [5, 5.41) is 0. The van der Waals surface area contributed by atoms with Gasteiger partial charge in [-0.3, -0.25) is 38.4 Å². The summed E-state index contributed by atoms with van der Waals surface area (Å²) in [6, 6.07) is 101. The molecule has 0 fully saturated rings. The number of ether oxygens (including phenoxy) is 6. The Bertz CT molecular complexity index is 6200. The molecule has 4 aliphatic heterocycles. The topological polar surface area (TPSA) is 205 Å². The van der Waals surface area contributed by atoms with Crippen LogP contribution in [0.2, 0.25) is 0 Å². The first kappa shape index (κ1) is 75.0. The molecule has 0 saturated carbocycles. The van der Waals surface area contributed by atoms with Crippen LogP contribution in [-0.2, 0) is 35.4 Å². The normalized spacial score (nSPS) is 14.3. The number of imide groups is 4. The van der Waals surface area contributed by atoms with Gasteiger partial charge in [-0.1, -0.05) is 149 Å². The Hall–Kier alpha value is -16.1. The molecule has 19 rings (SSSR count). The molecule has 0 saturated heterocycles. The molecule has 121 heavy (non-hydrogen) atoms. The van der Waals surface area contributed by atoms with Crippen LogP contribution in [0.25, 0.3) is 11.1 Å². The van der Waals surface area contributed by atoms with Crippen molar-refractivity contribution in [3.05, 3.63) is 419 Å². The molecule has 0 unspecified atom stereocenters. The minimum Gasteiger partial charge on any atom is -0.457 e. The molecule has 18 nitrogen and oxygen atoms in total. The Balaban J connectivity index is 0.482. The smallest absolute Gasteiger partial charge is 0.266 e. The highest BCUT2D eigenvalue weighted by Crippen LogP contribution is 2.57. The first-order valence-corrected chi connectivity index (χ1v) is 39.2. The monoisotopic (exact) mass is 1590 g/mol. The zero-order valence-electron chi connectivity index (χ0n) is 65.5. The van der Waals surface area contributed by atoms with E-state index in [0.717, 1.165) is 75.2 Å². The molecule has 0 radical (unpaired) electrons. The molecule has 586 valence electrons. The molecule has 0 N–H and O–H groups in total. The van der Waals surface area contributed by atoms with Gasteiger partial charge in [-0.2, -0.15) is 0 Å². The van der Waals surface area contributed by atoms with E-state index in [1.807, 2.05) is 170 Å². The molecule has 18 heteroatoms. The van der Waals surface area contributed by atoms with Crippen LogP contribution in [0.15, 0.2) is 352 Å². The highest BCUT2D eigenvalue weighted by atomic mass is 16.5. The second-order valence-corrected chi connectivity index (χ2v) is 30.8. The van der Waals surface area contributed by atoms with E-state index in [1.165, 1.54) is 24.3 Å². The number of amides is 8. The van der Waals surface area contributed by atoms with Crippen molar-refractivity contribution in [1.82, 2.24) is 0 Å². The lowest BCUT2D eigenvalue weighted by Crippen LogP contribution is -2.29. The average molecular weight is 1590 g/mol. The van der Waals surface area contributed by atoms with Gasteiger partial charge in [0.2, 0.25) is 0 Å². The number of benzene rings is 14. The lowest BCUT2D eigenvalue weighted by Gasteiger charge is -2.34. The highest BCUT2D eigenvalue weighted by Gasteiger charge is 2.47. The van der Waals surface area contributed by atoms with Crippen LogP contribution < -0.4 is 48.0 Å². The third-order valence-electron chi connectivity index (χ3n) is 23.0. The molecule has 0 aromatic heterocycles. The Morgan fingerprint density at radius 3 is 0.702 bits per heavy atom. The number of hydrogen-bond acceptors (Lipinski definition) is 14. The molecule has 1 aliphatic carbocycles. The summed E-state index contributed by atoms with van der Waals surface area (Å²) in [6.07, 6.45) is 4.99. The predicted molar refractivity (Wildman–Crippen MR) is 458 cm³/mol. The van der Waals surface area contributed by atoms with Crippen molar-refractivity contribution < 1.29 is 66.8 Å². The molecule has 0 atom stereocenters. The van der Waals surface area contributed by atoms with Gasteiger partial charge in [0.25, 0.3) is 47.3 Å². The van der Waals surface area contributed by atoms with Crippen LogP contribution >= 0.6 is 0 Å². The summed E-state index contributed by atoms with van der Waals surface area (Å²) in [5.74, 6) is 2.93. The molecule has 4 heterocycles. The van der Waals surface area contributed by atoms with Crippen LogP contribution in [0.4, 0.5) is 22.7 Å². The predicted octanol–water partition coefficient (Wildman–Crippen LogP) is 21.9. The van der Waals surface area contributed by atoms with Crippen molar-refractivity contribution in [2.24, 2.45) is 0 Å². The molecule has 0 spiro atoms. The van der Waals surface area contributed by atoms with E-state index in [-0.39, 0.29) is 56.7 Å². The molecule has 14 aromatic carbocycles. The first-order valence-electron chi connectivity index (χ1n) is 39.2. The van der Waals surface area contributed by atoms with Gasteiger partial charge in [0.15, 0.2) is 0 Å². The molecule has 8 amide bonds. The first-order chi connectivity index (χ1) is 58.7. The third-order valence-corrected chi connectivity index (χ3v) is 23.0. The van der Waals surface area contributed by atoms with E-state index in [4.69, 9.17) is 28.4 Å². The lowest BCUT2D eigenvalue weighted by molar-refractivity contribution is -0.121. The van der Waals surface area contributed by atoms with Crippen LogP contribution in [0.1, 0.15) is 114 Å². The second kappa shape index (κ2) is 29.9. The number of rotatable bonds is 22. The molecule has 0 bridgehead atoms. The maximum atomic E-state index is 14.2. The summed E-state index contributed by atoms with van der Waals surface area (Å²) in [5.41, 5.74) is 11.5. The zero-order valence-corrected chi connectivity index (χ0v) is 65.5. The average Bonchev–Trinajstić information content (AvgIpc) is 1.50. The van der Waals surface area contributed by atoms with Gasteiger partial charge in [0, 0.05) is 35.1 Å². The Kier molecular flexibility index (Phi) is 18.5. The number of fused-ring (bicyclic) bond motifs is 5. The van der Waals surface area contributed by atoms with E-state index < -0.39 is 29.0 Å². The van der Waals surface area contributed by atoms with E-state index in [9.17, 15) is 38.4 Å². The molecular weight excluding hydrogens is 1520 g/mol. The SMILES string of the molecule is CC(C)(c1ccc(Oc2ccc(N3C(=O)C=CC3=O)cc2)cc1)c1ccc(Oc2ccc(N3C(=O)c4ccc(Oc5ccc(C6(c7ccc(Oc8ccc9c(c8)C(=O)N(c8ccc(Oc%10ccc(C(C)(C)c%11ccc(Oc%12ccc(N%13C(=O)C=CC%13=O)cc%12)cc%11)cc%10)cc8)C9=O)cc7)c7ccccc7-c7ccccc76)cc5)cc4C3=O)cc2)cc1. The van der Waals surface area contributed by atoms with Gasteiger partial charge in [-0.15, -0.1) is 0 Å². The zero-order chi connectivity index (χ0) is 83.0. The standard InChI is InChI=1S/C103H70N4O14/c1-101(2,63-13-33-73(34-14-63)116-79-45-25-69(26-46-79)104-93(108)57-58-94(104)109)65-17-37-75(38-18-65)118-81-49-29-71(30-50-81)106-97(112)87-55-53-83(61-89(87)99(106)114)120-77-41-21-67(22-42-77)103(91-11-7-5-9-85(91)86-10-6-8-12-92(86)103)68-23-43-78(44-24-68)121-84-54-56-88-90(62-84)100(115)107(98(88)113)72-31-51-82(52-32-72)119-76-39-19-66(20-40-76)102(3,4)64-15-35-74(36-16-64)117-80-47-27-70(28-48-80)105-95(110)59-60-96(105)111/h5-62H,1-4H3. The summed E-state index contributed by atoms with van der Waals surface area (Å²) in [7, 11) is 0. The number of anilines is 4. The quantitative estimate of drug-likeness (QED) is 0.0579. The minimum absolute atomic E-state index is 0.211. The number of carbonyl (C=O) groups excluding carboxylic acids is 8. The van der Waals surface area contributed by atoms with Gasteiger partial charge in [-0.05, 0) is 262 Å². The summed E-state index contributed by atoms with van der Waals surface area (Å²) >= 11 is 0. The summed E-state index contributed by atoms with van der Waals surface area (Å²) in [6.45, 7) is 8.54. The maximum absolute atomic E-state index is 14.2. The van der Waals surface area contributed by atoms with Crippen molar-refractivity contribution >= 4 is 70.0 Å². The van der Waals surface area contributed by atoms with Gasteiger partial charge >= 0.3 is 0 Å². The third kappa shape index (κ3) is 13.6. The van der Waals surface area contributed by atoms with E-state index >= 15 is 0 Å². The van der Waals surface area contributed by atoms with Crippen molar-refractivity contribution in [3.8, 4) is 80.1 Å². The minimum atomic E-state index is -0.802. The van der Waals surface area contributed by atoms with Crippen molar-refractivity contribution in [3.63, 3.8) is 0 Å². The van der Waals surface area contributed by atoms with E-state index in [2.05, 4.69) is 52.0 Å². The second-order valence-electron chi connectivity index (χ2n) is 30.8. The van der Waals surface area contributed by atoms with E-state index in [0.29, 0.717) is 91.7 Å².